The van der Waals surface area contributed by atoms with Crippen molar-refractivity contribution in [3.8, 4) is 0 Å². The highest BCUT2D eigenvalue weighted by molar-refractivity contribution is 7.14. The molecule has 3 rings (SSSR count). The van der Waals surface area contributed by atoms with Crippen LogP contribution in [-0.4, -0.2) is 10.9 Å². The number of halogens is 1. The van der Waals surface area contributed by atoms with E-state index < -0.39 is 0 Å². The number of carbonyl (C=O) groups is 1. The fraction of sp³-hybridized carbons (Fsp3) is 0.100. The van der Waals surface area contributed by atoms with Crippen molar-refractivity contribution in [3.63, 3.8) is 0 Å². The van der Waals surface area contributed by atoms with Crippen molar-refractivity contribution in [2.75, 3.05) is 4.90 Å². The second kappa shape index (κ2) is 7.40. The van der Waals surface area contributed by atoms with Crippen LogP contribution in [0.2, 0.25) is 0 Å². The van der Waals surface area contributed by atoms with Crippen LogP contribution in [-0.2, 0) is 4.79 Å². The number of benzene rings is 2. The van der Waals surface area contributed by atoms with Gasteiger partial charge in [0.15, 0.2) is 5.13 Å². The Morgan fingerprint density at radius 3 is 2.40 bits per heavy atom. The molecule has 3 nitrogen and oxygen atoms in total. The SMILES string of the molecule is CC(=CC(=O)N(c1ccccc1)c1nc(C)cs1)c1ccc(F)cc1. The summed E-state index contributed by atoms with van der Waals surface area (Å²) in [5.74, 6) is -0.491. The summed E-state index contributed by atoms with van der Waals surface area (Å²) in [7, 11) is 0. The first-order valence-corrected chi connectivity index (χ1v) is 8.68. The number of nitrogens with zero attached hydrogens (tertiary/aromatic N) is 2. The maximum atomic E-state index is 13.1. The Morgan fingerprint density at radius 2 is 1.80 bits per heavy atom. The second-order valence-electron chi connectivity index (χ2n) is 5.61. The molecule has 0 atom stereocenters. The fourth-order valence-electron chi connectivity index (χ4n) is 2.40. The molecule has 5 heteroatoms. The standard InChI is InChI=1S/C20H17FN2OS/c1-14(16-8-10-17(21)11-9-16)12-19(24)23(18-6-4-3-5-7-18)20-22-15(2)13-25-20/h3-13H,1-2H3. The highest BCUT2D eigenvalue weighted by Crippen LogP contribution is 2.29. The molecular weight excluding hydrogens is 335 g/mol. The van der Waals surface area contributed by atoms with Gasteiger partial charge in [-0.1, -0.05) is 30.3 Å². The number of aryl methyl sites for hydroxylation is 1. The third kappa shape index (κ3) is 4.00. The van der Waals surface area contributed by atoms with Crippen LogP contribution >= 0.6 is 11.3 Å². The zero-order valence-corrected chi connectivity index (χ0v) is 14.8. The lowest BCUT2D eigenvalue weighted by Gasteiger charge is -2.18. The van der Waals surface area contributed by atoms with Crippen LogP contribution in [0, 0.1) is 12.7 Å². The van der Waals surface area contributed by atoms with Gasteiger partial charge in [0, 0.05) is 11.5 Å². The van der Waals surface area contributed by atoms with E-state index in [1.807, 2.05) is 49.6 Å². The monoisotopic (exact) mass is 352 g/mol. The van der Waals surface area contributed by atoms with Crippen LogP contribution in [0.4, 0.5) is 15.2 Å². The molecule has 0 spiro atoms. The Hall–Kier alpha value is -2.79. The van der Waals surface area contributed by atoms with E-state index >= 15 is 0 Å². The lowest BCUT2D eigenvalue weighted by Crippen LogP contribution is -2.24. The molecule has 25 heavy (non-hydrogen) atoms. The molecule has 0 aliphatic carbocycles. The smallest absolute Gasteiger partial charge is 0.257 e. The van der Waals surface area contributed by atoms with Crippen molar-refractivity contribution in [2.45, 2.75) is 13.8 Å². The van der Waals surface area contributed by atoms with Crippen molar-refractivity contribution in [1.82, 2.24) is 4.98 Å². The molecule has 0 saturated carbocycles. The molecule has 0 aliphatic rings. The van der Waals surface area contributed by atoms with Gasteiger partial charge >= 0.3 is 0 Å². The van der Waals surface area contributed by atoms with E-state index in [9.17, 15) is 9.18 Å². The maximum absolute atomic E-state index is 13.1. The van der Waals surface area contributed by atoms with Crippen molar-refractivity contribution in [2.24, 2.45) is 0 Å². The van der Waals surface area contributed by atoms with Gasteiger partial charge in [-0.05, 0) is 49.2 Å². The Bertz CT molecular complexity index is 901. The molecule has 1 amide bonds. The first-order chi connectivity index (χ1) is 12.0. The van der Waals surface area contributed by atoms with Crippen LogP contribution < -0.4 is 4.90 Å². The van der Waals surface area contributed by atoms with E-state index in [-0.39, 0.29) is 11.7 Å². The number of rotatable bonds is 4. The van der Waals surface area contributed by atoms with E-state index in [2.05, 4.69) is 4.98 Å². The number of anilines is 2. The lowest BCUT2D eigenvalue weighted by atomic mass is 10.1. The third-order valence-corrected chi connectivity index (χ3v) is 4.62. The van der Waals surface area contributed by atoms with Gasteiger partial charge in [0.05, 0.1) is 11.4 Å². The quantitative estimate of drug-likeness (QED) is 0.592. The summed E-state index contributed by atoms with van der Waals surface area (Å²) in [5, 5.41) is 2.53. The van der Waals surface area contributed by atoms with Gasteiger partial charge in [-0.25, -0.2) is 9.37 Å². The van der Waals surface area contributed by atoms with E-state index in [0.717, 1.165) is 22.5 Å². The Labute approximate surface area is 150 Å². The normalized spacial score (nSPS) is 11.4. The number of thiazole rings is 1. The van der Waals surface area contributed by atoms with Crippen molar-refractivity contribution in [3.05, 3.63) is 83.1 Å². The summed E-state index contributed by atoms with van der Waals surface area (Å²) in [4.78, 5) is 19.0. The summed E-state index contributed by atoms with van der Waals surface area (Å²) in [6.07, 6.45) is 1.55. The van der Waals surface area contributed by atoms with E-state index in [1.165, 1.54) is 23.5 Å². The molecule has 1 aromatic heterocycles. The van der Waals surface area contributed by atoms with Gasteiger partial charge in [0.1, 0.15) is 5.82 Å². The number of amides is 1. The summed E-state index contributed by atoms with van der Waals surface area (Å²) in [6, 6.07) is 15.5. The molecule has 2 aromatic carbocycles. The average molecular weight is 352 g/mol. The van der Waals surface area contributed by atoms with Gasteiger partial charge < -0.3 is 0 Å². The highest BCUT2D eigenvalue weighted by atomic mass is 32.1. The molecule has 0 aliphatic heterocycles. The molecule has 0 unspecified atom stereocenters. The number of hydrogen-bond donors (Lipinski definition) is 0. The maximum Gasteiger partial charge on any atom is 0.257 e. The number of carbonyl (C=O) groups excluding carboxylic acids is 1. The number of hydrogen-bond acceptors (Lipinski definition) is 3. The van der Waals surface area contributed by atoms with Crippen LogP contribution in [0.25, 0.3) is 5.57 Å². The summed E-state index contributed by atoms with van der Waals surface area (Å²) in [6.45, 7) is 3.73. The highest BCUT2D eigenvalue weighted by Gasteiger charge is 2.19. The first kappa shape index (κ1) is 17.0. The van der Waals surface area contributed by atoms with Crippen LogP contribution in [0.3, 0.4) is 0 Å². The van der Waals surface area contributed by atoms with Crippen LogP contribution in [0.5, 0.6) is 0 Å². The number of aromatic nitrogens is 1. The minimum absolute atomic E-state index is 0.192. The van der Waals surface area contributed by atoms with Crippen molar-refractivity contribution in [1.29, 1.82) is 0 Å². The van der Waals surface area contributed by atoms with Gasteiger partial charge in [0.2, 0.25) is 0 Å². The summed E-state index contributed by atoms with van der Waals surface area (Å²) in [5.41, 5.74) is 3.19. The Balaban J connectivity index is 1.97. The molecule has 1 heterocycles. The lowest BCUT2D eigenvalue weighted by molar-refractivity contribution is -0.113. The van der Waals surface area contributed by atoms with Crippen molar-refractivity contribution >= 4 is 33.6 Å². The third-order valence-electron chi connectivity index (χ3n) is 3.67. The minimum atomic E-state index is -0.299. The Kier molecular flexibility index (Phi) is 5.05. The fourth-order valence-corrected chi connectivity index (χ4v) is 3.23. The largest absolute Gasteiger partial charge is 0.269 e. The van der Waals surface area contributed by atoms with Crippen LogP contribution in [0.1, 0.15) is 18.2 Å². The zero-order valence-electron chi connectivity index (χ0n) is 13.9. The molecule has 0 N–H and O–H groups in total. The molecular formula is C20H17FN2OS. The molecule has 0 fully saturated rings. The zero-order chi connectivity index (χ0) is 17.8. The summed E-state index contributed by atoms with van der Waals surface area (Å²) >= 11 is 1.42. The molecule has 0 bridgehead atoms. The topological polar surface area (TPSA) is 33.2 Å². The van der Waals surface area contributed by atoms with Gasteiger partial charge in [0.25, 0.3) is 5.91 Å². The Morgan fingerprint density at radius 1 is 1.12 bits per heavy atom. The van der Waals surface area contributed by atoms with Gasteiger partial charge in [-0.15, -0.1) is 11.3 Å². The van der Waals surface area contributed by atoms with E-state index in [0.29, 0.717) is 5.13 Å². The predicted octanol–water partition coefficient (Wildman–Crippen LogP) is 5.36. The van der Waals surface area contributed by atoms with E-state index in [4.69, 9.17) is 0 Å². The molecule has 0 saturated heterocycles. The minimum Gasteiger partial charge on any atom is -0.269 e. The van der Waals surface area contributed by atoms with E-state index in [1.54, 1.807) is 23.1 Å². The molecule has 126 valence electrons. The summed E-state index contributed by atoms with van der Waals surface area (Å²) < 4.78 is 13.1. The van der Waals surface area contributed by atoms with Gasteiger partial charge in [-0.3, -0.25) is 9.69 Å². The second-order valence-corrected chi connectivity index (χ2v) is 6.45. The van der Waals surface area contributed by atoms with Gasteiger partial charge in [-0.2, -0.15) is 0 Å². The number of allylic oxidation sites excluding steroid dienone is 1. The molecule has 3 aromatic rings. The van der Waals surface area contributed by atoms with Crippen molar-refractivity contribution < 1.29 is 9.18 Å². The molecule has 0 radical (unpaired) electrons. The first-order valence-electron chi connectivity index (χ1n) is 7.80. The number of para-hydroxylation sites is 1. The predicted molar refractivity (Wildman–Crippen MR) is 100 cm³/mol. The average Bonchev–Trinajstić information content (AvgIpc) is 3.02. The van der Waals surface area contributed by atoms with Crippen LogP contribution in [0.15, 0.2) is 66.1 Å².